The van der Waals surface area contributed by atoms with Crippen LogP contribution < -0.4 is 10.1 Å². The SMILES string of the molecule is N#Cc1cccc(CNc2cc(-c3ccc(F)c(OC(F)F)c3)cnc2C=N)c1. The highest BCUT2D eigenvalue weighted by atomic mass is 19.3. The van der Waals surface area contributed by atoms with Crippen molar-refractivity contribution in [2.24, 2.45) is 0 Å². The molecule has 0 aliphatic rings. The highest BCUT2D eigenvalue weighted by Gasteiger charge is 2.13. The number of rotatable bonds is 7. The van der Waals surface area contributed by atoms with E-state index in [1.54, 1.807) is 24.3 Å². The summed E-state index contributed by atoms with van der Waals surface area (Å²) in [5, 5.41) is 19.7. The molecule has 0 saturated carbocycles. The van der Waals surface area contributed by atoms with E-state index in [1.807, 2.05) is 6.07 Å². The summed E-state index contributed by atoms with van der Waals surface area (Å²) < 4.78 is 42.8. The maximum atomic E-state index is 13.7. The molecule has 0 amide bonds. The van der Waals surface area contributed by atoms with E-state index in [2.05, 4.69) is 21.1 Å². The van der Waals surface area contributed by atoms with Gasteiger partial charge in [0, 0.05) is 24.5 Å². The third-order valence-corrected chi connectivity index (χ3v) is 4.07. The average Bonchev–Trinajstić information content (AvgIpc) is 2.73. The van der Waals surface area contributed by atoms with Gasteiger partial charge >= 0.3 is 6.61 Å². The van der Waals surface area contributed by atoms with Crippen LogP contribution in [-0.4, -0.2) is 17.8 Å². The smallest absolute Gasteiger partial charge is 0.387 e. The molecule has 1 heterocycles. The number of hydrogen-bond donors (Lipinski definition) is 2. The fourth-order valence-electron chi connectivity index (χ4n) is 2.71. The summed E-state index contributed by atoms with van der Waals surface area (Å²) in [6.45, 7) is -2.76. The van der Waals surface area contributed by atoms with Gasteiger partial charge in [0.05, 0.1) is 17.3 Å². The van der Waals surface area contributed by atoms with E-state index in [0.29, 0.717) is 34.6 Å². The first-order chi connectivity index (χ1) is 14.0. The maximum absolute atomic E-state index is 13.7. The number of benzene rings is 2. The number of ether oxygens (including phenoxy) is 1. The molecule has 0 radical (unpaired) electrons. The Kier molecular flexibility index (Phi) is 6.09. The first-order valence-electron chi connectivity index (χ1n) is 8.48. The van der Waals surface area contributed by atoms with E-state index in [1.165, 1.54) is 18.3 Å². The predicted molar refractivity (Wildman–Crippen MR) is 103 cm³/mol. The van der Waals surface area contributed by atoms with Crippen LogP contribution in [0.2, 0.25) is 0 Å². The normalized spacial score (nSPS) is 10.4. The van der Waals surface area contributed by atoms with Gasteiger partial charge in [0.15, 0.2) is 11.6 Å². The number of pyridine rings is 1. The van der Waals surface area contributed by atoms with Gasteiger partial charge in [-0.05, 0) is 41.5 Å². The van der Waals surface area contributed by atoms with Gasteiger partial charge in [0.1, 0.15) is 5.69 Å². The lowest BCUT2D eigenvalue weighted by molar-refractivity contribution is -0.0521. The Morgan fingerprint density at radius 2 is 2.00 bits per heavy atom. The van der Waals surface area contributed by atoms with Crippen LogP contribution in [-0.2, 0) is 6.54 Å². The van der Waals surface area contributed by atoms with Crippen LogP contribution in [0.5, 0.6) is 5.75 Å². The molecule has 2 aromatic carbocycles. The zero-order valence-electron chi connectivity index (χ0n) is 15.0. The standard InChI is InChI=1S/C21H15F3N4O/c22-17-5-4-15(8-20(17)29-21(23)24)16-7-18(19(10-26)28-12-16)27-11-14-3-1-2-13(6-14)9-25/h1-8,10,12,21,26-27H,11H2. The minimum Gasteiger partial charge on any atom is -0.432 e. The van der Waals surface area contributed by atoms with Crippen molar-refractivity contribution < 1.29 is 17.9 Å². The third kappa shape index (κ3) is 4.90. The minimum atomic E-state index is -3.14. The number of nitriles is 1. The van der Waals surface area contributed by atoms with Crippen molar-refractivity contribution in [1.29, 1.82) is 10.7 Å². The van der Waals surface area contributed by atoms with Gasteiger partial charge in [0.2, 0.25) is 0 Å². The van der Waals surface area contributed by atoms with Crippen molar-refractivity contribution in [1.82, 2.24) is 4.98 Å². The first-order valence-corrected chi connectivity index (χ1v) is 8.48. The number of aromatic nitrogens is 1. The Morgan fingerprint density at radius 3 is 2.72 bits per heavy atom. The zero-order chi connectivity index (χ0) is 20.8. The quantitative estimate of drug-likeness (QED) is 0.553. The molecule has 0 aliphatic carbocycles. The van der Waals surface area contributed by atoms with E-state index in [4.69, 9.17) is 10.7 Å². The van der Waals surface area contributed by atoms with Gasteiger partial charge in [-0.25, -0.2) is 4.39 Å². The van der Waals surface area contributed by atoms with E-state index in [0.717, 1.165) is 17.8 Å². The third-order valence-electron chi connectivity index (χ3n) is 4.07. The van der Waals surface area contributed by atoms with E-state index >= 15 is 0 Å². The topological polar surface area (TPSA) is 81.8 Å². The van der Waals surface area contributed by atoms with Crippen LogP contribution >= 0.6 is 0 Å². The van der Waals surface area contributed by atoms with Crippen molar-refractivity contribution in [3.05, 3.63) is 77.4 Å². The van der Waals surface area contributed by atoms with Gasteiger partial charge in [-0.3, -0.25) is 4.98 Å². The van der Waals surface area contributed by atoms with Crippen molar-refractivity contribution in [3.8, 4) is 22.9 Å². The summed E-state index contributed by atoms with van der Waals surface area (Å²) in [7, 11) is 0. The number of hydrogen-bond acceptors (Lipinski definition) is 5. The number of nitrogens with one attached hydrogen (secondary N) is 2. The minimum absolute atomic E-state index is 0.372. The van der Waals surface area contributed by atoms with E-state index < -0.39 is 18.2 Å². The number of halogens is 3. The molecule has 3 aromatic rings. The fourth-order valence-corrected chi connectivity index (χ4v) is 2.71. The lowest BCUT2D eigenvalue weighted by Gasteiger charge is -2.12. The highest BCUT2D eigenvalue weighted by Crippen LogP contribution is 2.29. The van der Waals surface area contributed by atoms with Crippen LogP contribution in [0.3, 0.4) is 0 Å². The molecule has 0 saturated heterocycles. The van der Waals surface area contributed by atoms with Gasteiger partial charge in [0.25, 0.3) is 0 Å². The molecule has 0 unspecified atom stereocenters. The number of alkyl halides is 2. The van der Waals surface area contributed by atoms with E-state index in [9.17, 15) is 13.2 Å². The molecule has 3 rings (SSSR count). The number of anilines is 1. The van der Waals surface area contributed by atoms with E-state index in [-0.39, 0.29) is 0 Å². The predicted octanol–water partition coefficient (Wildman–Crippen LogP) is 4.97. The van der Waals surface area contributed by atoms with Gasteiger partial charge in [-0.1, -0.05) is 18.2 Å². The lowest BCUT2D eigenvalue weighted by atomic mass is 10.1. The van der Waals surface area contributed by atoms with Crippen molar-refractivity contribution >= 4 is 11.9 Å². The largest absolute Gasteiger partial charge is 0.432 e. The molecule has 146 valence electrons. The van der Waals surface area contributed by atoms with Crippen LogP contribution in [0, 0.1) is 22.6 Å². The Bertz CT molecular complexity index is 1080. The van der Waals surface area contributed by atoms with Crippen LogP contribution in [0.25, 0.3) is 11.1 Å². The Morgan fingerprint density at radius 1 is 1.17 bits per heavy atom. The average molecular weight is 396 g/mol. The number of nitrogens with zero attached hydrogens (tertiary/aromatic N) is 2. The monoisotopic (exact) mass is 396 g/mol. The van der Waals surface area contributed by atoms with Gasteiger partial charge in [-0.15, -0.1) is 0 Å². The Hall–Kier alpha value is -3.86. The van der Waals surface area contributed by atoms with Crippen molar-refractivity contribution in [2.75, 3.05) is 5.32 Å². The molecular formula is C21H15F3N4O. The van der Waals surface area contributed by atoms with Crippen LogP contribution in [0.15, 0.2) is 54.7 Å². The second-order valence-corrected chi connectivity index (χ2v) is 5.99. The Balaban J connectivity index is 1.89. The van der Waals surface area contributed by atoms with Gasteiger partial charge in [-0.2, -0.15) is 14.0 Å². The van der Waals surface area contributed by atoms with Crippen molar-refractivity contribution in [2.45, 2.75) is 13.2 Å². The molecule has 0 aliphatic heterocycles. The summed E-state index contributed by atoms with van der Waals surface area (Å²) >= 11 is 0. The van der Waals surface area contributed by atoms with Crippen molar-refractivity contribution in [3.63, 3.8) is 0 Å². The highest BCUT2D eigenvalue weighted by molar-refractivity contribution is 5.85. The molecule has 0 atom stereocenters. The molecule has 8 heteroatoms. The molecule has 2 N–H and O–H groups in total. The molecule has 0 fully saturated rings. The first kappa shape index (κ1) is 19.9. The molecule has 29 heavy (non-hydrogen) atoms. The summed E-state index contributed by atoms with van der Waals surface area (Å²) in [4.78, 5) is 4.19. The maximum Gasteiger partial charge on any atom is 0.387 e. The molecular weight excluding hydrogens is 381 g/mol. The molecule has 0 bridgehead atoms. The van der Waals surface area contributed by atoms with Crippen LogP contribution in [0.4, 0.5) is 18.9 Å². The fraction of sp³-hybridized carbons (Fsp3) is 0.0952. The summed E-state index contributed by atoms with van der Waals surface area (Å²) in [6.07, 6.45) is 2.54. The summed E-state index contributed by atoms with van der Waals surface area (Å²) in [5.74, 6) is -1.45. The molecule has 0 spiro atoms. The molecule has 1 aromatic heterocycles. The zero-order valence-corrected chi connectivity index (χ0v) is 15.0. The summed E-state index contributed by atoms with van der Waals surface area (Å²) in [6, 6.07) is 14.4. The lowest BCUT2D eigenvalue weighted by Crippen LogP contribution is -2.05. The Labute approximate surface area is 164 Å². The summed E-state index contributed by atoms with van der Waals surface area (Å²) in [5.41, 5.74) is 3.25. The van der Waals surface area contributed by atoms with Gasteiger partial charge < -0.3 is 15.5 Å². The molecule has 5 nitrogen and oxygen atoms in total. The second-order valence-electron chi connectivity index (χ2n) is 5.99. The van der Waals surface area contributed by atoms with Crippen LogP contribution in [0.1, 0.15) is 16.8 Å². The second kappa shape index (κ2) is 8.89.